The number of H-pyrrole nitrogens is 1. The van der Waals surface area contributed by atoms with Crippen molar-refractivity contribution in [2.45, 2.75) is 24.8 Å². The number of hydrogen-bond donors (Lipinski definition) is 1. The quantitative estimate of drug-likeness (QED) is 0.498. The van der Waals surface area contributed by atoms with Crippen LogP contribution in [0.2, 0.25) is 0 Å². The molecule has 4 aromatic rings. The Balaban J connectivity index is 1.42. The minimum atomic E-state index is 0.453. The molecular formula is C18H17N5O3S. The second kappa shape index (κ2) is 7.28. The zero-order chi connectivity index (χ0) is 18.8. The van der Waals surface area contributed by atoms with Crippen molar-refractivity contribution in [3.63, 3.8) is 0 Å². The second-order valence-corrected chi connectivity index (χ2v) is 6.75. The Labute approximate surface area is 159 Å². The van der Waals surface area contributed by atoms with E-state index in [2.05, 4.69) is 25.4 Å². The summed E-state index contributed by atoms with van der Waals surface area (Å²) in [5.74, 6) is 4.48. The summed E-state index contributed by atoms with van der Waals surface area (Å²) < 4.78 is 16.4. The van der Waals surface area contributed by atoms with Gasteiger partial charge in [0.2, 0.25) is 11.0 Å². The maximum atomic E-state index is 5.72. The van der Waals surface area contributed by atoms with Gasteiger partial charge in [-0.3, -0.25) is 5.10 Å². The van der Waals surface area contributed by atoms with Crippen LogP contribution in [0, 0.1) is 13.8 Å². The monoisotopic (exact) mass is 383 g/mol. The zero-order valence-corrected chi connectivity index (χ0v) is 15.8. The van der Waals surface area contributed by atoms with E-state index in [4.69, 9.17) is 13.6 Å². The summed E-state index contributed by atoms with van der Waals surface area (Å²) in [5, 5.41) is 15.9. The molecule has 138 valence electrons. The van der Waals surface area contributed by atoms with Crippen LogP contribution in [0.3, 0.4) is 0 Å². The van der Waals surface area contributed by atoms with Gasteiger partial charge in [-0.25, -0.2) is 4.98 Å². The summed E-state index contributed by atoms with van der Waals surface area (Å²) in [6.45, 7) is 3.75. The lowest BCUT2D eigenvalue weighted by atomic mass is 10.2. The molecule has 1 N–H and O–H groups in total. The minimum Gasteiger partial charge on any atom is -0.497 e. The van der Waals surface area contributed by atoms with E-state index in [1.54, 1.807) is 7.11 Å². The van der Waals surface area contributed by atoms with E-state index in [1.165, 1.54) is 11.8 Å². The van der Waals surface area contributed by atoms with Gasteiger partial charge in [0.15, 0.2) is 5.82 Å². The highest BCUT2D eigenvalue weighted by atomic mass is 32.2. The fourth-order valence-electron chi connectivity index (χ4n) is 2.58. The molecule has 3 aromatic heterocycles. The van der Waals surface area contributed by atoms with Crippen LogP contribution in [0.4, 0.5) is 0 Å². The Morgan fingerprint density at radius 3 is 2.63 bits per heavy atom. The van der Waals surface area contributed by atoms with Gasteiger partial charge < -0.3 is 13.6 Å². The standard InChI is InChI=1S/C18H17N5O3S/c1-10-8-14(11(2)25-10)17-22-20-15(26-17)9-27-18-19-16(21-23-18)12-4-6-13(24-3)7-5-12/h4-8H,9H2,1-3H3,(H,19,21,23). The highest BCUT2D eigenvalue weighted by molar-refractivity contribution is 7.98. The largest absolute Gasteiger partial charge is 0.497 e. The van der Waals surface area contributed by atoms with E-state index in [0.717, 1.165) is 28.4 Å². The number of aromatic amines is 1. The molecule has 27 heavy (non-hydrogen) atoms. The molecule has 0 aliphatic rings. The van der Waals surface area contributed by atoms with Gasteiger partial charge in [0.05, 0.1) is 18.4 Å². The van der Waals surface area contributed by atoms with Crippen LogP contribution < -0.4 is 4.74 Å². The van der Waals surface area contributed by atoms with Crippen molar-refractivity contribution in [1.82, 2.24) is 25.4 Å². The van der Waals surface area contributed by atoms with Crippen molar-refractivity contribution in [1.29, 1.82) is 0 Å². The van der Waals surface area contributed by atoms with E-state index >= 15 is 0 Å². The van der Waals surface area contributed by atoms with Gasteiger partial charge >= 0.3 is 0 Å². The van der Waals surface area contributed by atoms with Crippen molar-refractivity contribution in [3.8, 4) is 28.6 Å². The molecule has 1 aromatic carbocycles. The molecular weight excluding hydrogens is 366 g/mol. The first-order valence-corrected chi connectivity index (χ1v) is 9.20. The van der Waals surface area contributed by atoms with Gasteiger partial charge in [-0.15, -0.1) is 15.3 Å². The topological polar surface area (TPSA) is 103 Å². The molecule has 0 atom stereocenters. The Morgan fingerprint density at radius 1 is 1.11 bits per heavy atom. The number of nitrogens with zero attached hydrogens (tertiary/aromatic N) is 4. The molecule has 3 heterocycles. The molecule has 0 bridgehead atoms. The Bertz CT molecular complexity index is 1050. The summed E-state index contributed by atoms with van der Waals surface area (Å²) in [6.07, 6.45) is 0. The van der Waals surface area contributed by atoms with E-state index in [-0.39, 0.29) is 0 Å². The number of hydrogen-bond acceptors (Lipinski definition) is 8. The minimum absolute atomic E-state index is 0.453. The molecule has 0 fully saturated rings. The predicted octanol–water partition coefficient (Wildman–Crippen LogP) is 4.03. The third-order valence-electron chi connectivity index (χ3n) is 3.89. The summed E-state index contributed by atoms with van der Waals surface area (Å²) in [5.41, 5.74) is 1.75. The third-order valence-corrected chi connectivity index (χ3v) is 4.72. The van der Waals surface area contributed by atoms with Gasteiger partial charge in [-0.2, -0.15) is 0 Å². The third kappa shape index (κ3) is 3.72. The van der Waals surface area contributed by atoms with Gasteiger partial charge in [-0.1, -0.05) is 11.8 Å². The number of aryl methyl sites for hydroxylation is 2. The fourth-order valence-corrected chi connectivity index (χ4v) is 3.21. The predicted molar refractivity (Wildman–Crippen MR) is 99.4 cm³/mol. The van der Waals surface area contributed by atoms with Crippen molar-refractivity contribution in [2.24, 2.45) is 0 Å². The molecule has 8 nitrogen and oxygen atoms in total. The molecule has 4 rings (SSSR count). The normalized spacial score (nSPS) is 11.1. The van der Waals surface area contributed by atoms with Crippen LogP contribution in [0.5, 0.6) is 5.75 Å². The summed E-state index contributed by atoms with van der Waals surface area (Å²) in [7, 11) is 1.64. The lowest BCUT2D eigenvalue weighted by Gasteiger charge is -1.99. The first-order valence-electron chi connectivity index (χ1n) is 8.22. The number of methoxy groups -OCH3 is 1. The molecule has 0 amide bonds. The van der Waals surface area contributed by atoms with Crippen molar-refractivity contribution in [2.75, 3.05) is 7.11 Å². The number of nitrogens with one attached hydrogen (secondary N) is 1. The van der Waals surface area contributed by atoms with Crippen LogP contribution in [0.25, 0.3) is 22.8 Å². The van der Waals surface area contributed by atoms with Crippen LogP contribution in [-0.4, -0.2) is 32.5 Å². The molecule has 0 saturated heterocycles. The number of rotatable bonds is 6. The van der Waals surface area contributed by atoms with Crippen LogP contribution in [0.1, 0.15) is 17.4 Å². The molecule has 0 aliphatic carbocycles. The van der Waals surface area contributed by atoms with Crippen molar-refractivity contribution < 1.29 is 13.6 Å². The number of aromatic nitrogens is 5. The van der Waals surface area contributed by atoms with Gasteiger partial charge in [0.1, 0.15) is 17.3 Å². The van der Waals surface area contributed by atoms with E-state index in [9.17, 15) is 0 Å². The summed E-state index contributed by atoms with van der Waals surface area (Å²) in [4.78, 5) is 4.48. The first-order chi connectivity index (χ1) is 13.1. The van der Waals surface area contributed by atoms with E-state index in [0.29, 0.717) is 28.5 Å². The average molecular weight is 383 g/mol. The molecule has 0 unspecified atom stereocenters. The van der Waals surface area contributed by atoms with Crippen LogP contribution in [-0.2, 0) is 5.75 Å². The van der Waals surface area contributed by atoms with Gasteiger partial charge in [0.25, 0.3) is 5.89 Å². The molecule has 0 radical (unpaired) electrons. The van der Waals surface area contributed by atoms with Crippen molar-refractivity contribution in [3.05, 3.63) is 47.7 Å². The number of thioether (sulfide) groups is 1. The van der Waals surface area contributed by atoms with Crippen LogP contribution in [0.15, 0.2) is 44.3 Å². The highest BCUT2D eigenvalue weighted by Crippen LogP contribution is 2.27. The average Bonchev–Trinajstić information content (AvgIpc) is 3.40. The SMILES string of the molecule is COc1ccc(-c2nc(SCc3nnc(-c4cc(C)oc4C)o3)n[nH]2)cc1. The number of furan rings is 1. The highest BCUT2D eigenvalue weighted by Gasteiger charge is 2.15. The lowest BCUT2D eigenvalue weighted by Crippen LogP contribution is -1.84. The molecule has 0 saturated carbocycles. The maximum Gasteiger partial charge on any atom is 0.251 e. The lowest BCUT2D eigenvalue weighted by molar-refractivity contribution is 0.415. The molecule has 0 spiro atoms. The van der Waals surface area contributed by atoms with E-state index < -0.39 is 0 Å². The zero-order valence-electron chi connectivity index (χ0n) is 15.0. The summed E-state index contributed by atoms with van der Waals surface area (Å²) >= 11 is 1.42. The smallest absolute Gasteiger partial charge is 0.251 e. The van der Waals surface area contributed by atoms with Gasteiger partial charge in [-0.05, 0) is 44.2 Å². The maximum absolute atomic E-state index is 5.72. The number of ether oxygens (including phenoxy) is 1. The number of benzene rings is 1. The Hall–Kier alpha value is -3.07. The first kappa shape index (κ1) is 17.3. The second-order valence-electron chi connectivity index (χ2n) is 5.81. The fraction of sp³-hybridized carbons (Fsp3) is 0.222. The molecule has 9 heteroatoms. The van der Waals surface area contributed by atoms with Gasteiger partial charge in [0, 0.05) is 5.56 Å². The Kier molecular flexibility index (Phi) is 4.68. The van der Waals surface area contributed by atoms with Crippen LogP contribution >= 0.6 is 11.8 Å². The summed E-state index contributed by atoms with van der Waals surface area (Å²) in [6, 6.07) is 9.49. The Morgan fingerprint density at radius 2 is 1.93 bits per heavy atom. The van der Waals surface area contributed by atoms with Crippen molar-refractivity contribution >= 4 is 11.8 Å². The molecule has 0 aliphatic heterocycles. The van der Waals surface area contributed by atoms with E-state index in [1.807, 2.05) is 44.2 Å².